The summed E-state index contributed by atoms with van der Waals surface area (Å²) in [4.78, 5) is 13.4. The SMILES string of the molecule is CCOCCn1c(=O)c(CCCNCc2ccc(F)cc2)cc2ccc(Oc3ccccc3)cc21. The Kier molecular flexibility index (Phi) is 8.65. The highest BCUT2D eigenvalue weighted by Gasteiger charge is 2.11. The van der Waals surface area contributed by atoms with Crippen molar-refractivity contribution in [2.75, 3.05) is 19.8 Å². The molecule has 0 aliphatic rings. The Hall–Kier alpha value is -3.48. The van der Waals surface area contributed by atoms with E-state index < -0.39 is 0 Å². The summed E-state index contributed by atoms with van der Waals surface area (Å²) in [5.74, 6) is 1.20. The highest BCUT2D eigenvalue weighted by atomic mass is 19.1. The molecule has 35 heavy (non-hydrogen) atoms. The molecule has 1 heterocycles. The molecule has 6 heteroatoms. The first kappa shape index (κ1) is 24.6. The van der Waals surface area contributed by atoms with Gasteiger partial charge in [0.25, 0.3) is 5.56 Å². The molecule has 4 aromatic rings. The fourth-order valence-corrected chi connectivity index (χ4v) is 4.04. The van der Waals surface area contributed by atoms with Gasteiger partial charge in [0.05, 0.1) is 12.1 Å². The second-order valence-corrected chi connectivity index (χ2v) is 8.37. The molecular weight excluding hydrogens is 443 g/mol. The molecule has 0 aliphatic heterocycles. The van der Waals surface area contributed by atoms with E-state index in [1.54, 1.807) is 16.7 Å². The lowest BCUT2D eigenvalue weighted by Gasteiger charge is -2.15. The van der Waals surface area contributed by atoms with Gasteiger partial charge in [-0.05, 0) is 79.7 Å². The molecule has 5 nitrogen and oxygen atoms in total. The Bertz CT molecular complexity index is 1290. The number of para-hydroxylation sites is 1. The average Bonchev–Trinajstić information content (AvgIpc) is 2.87. The minimum Gasteiger partial charge on any atom is -0.457 e. The Morgan fingerprint density at radius 3 is 2.51 bits per heavy atom. The average molecular weight is 475 g/mol. The van der Waals surface area contributed by atoms with E-state index in [9.17, 15) is 9.18 Å². The monoisotopic (exact) mass is 474 g/mol. The molecule has 0 saturated heterocycles. The maximum atomic E-state index is 13.4. The predicted octanol–water partition coefficient (Wildman–Crippen LogP) is 5.69. The van der Waals surface area contributed by atoms with Gasteiger partial charge < -0.3 is 19.4 Å². The zero-order valence-corrected chi connectivity index (χ0v) is 20.0. The molecule has 0 unspecified atom stereocenters. The third-order valence-corrected chi connectivity index (χ3v) is 5.83. The molecule has 0 saturated carbocycles. The first-order valence-corrected chi connectivity index (χ1v) is 12.1. The molecule has 0 atom stereocenters. The van der Waals surface area contributed by atoms with Gasteiger partial charge in [-0.3, -0.25) is 4.79 Å². The van der Waals surface area contributed by atoms with Gasteiger partial charge in [-0.15, -0.1) is 0 Å². The Morgan fingerprint density at radius 2 is 1.74 bits per heavy atom. The first-order chi connectivity index (χ1) is 17.1. The van der Waals surface area contributed by atoms with Crippen LogP contribution in [0.2, 0.25) is 0 Å². The molecule has 4 rings (SSSR count). The van der Waals surface area contributed by atoms with Crippen molar-refractivity contribution in [3.63, 3.8) is 0 Å². The van der Waals surface area contributed by atoms with Gasteiger partial charge in [0.15, 0.2) is 0 Å². The molecule has 0 amide bonds. The van der Waals surface area contributed by atoms with Gasteiger partial charge in [-0.25, -0.2) is 4.39 Å². The molecule has 1 N–H and O–H groups in total. The highest BCUT2D eigenvalue weighted by Crippen LogP contribution is 2.25. The van der Waals surface area contributed by atoms with Crippen LogP contribution >= 0.6 is 0 Å². The van der Waals surface area contributed by atoms with E-state index in [4.69, 9.17) is 9.47 Å². The molecule has 0 bridgehead atoms. The van der Waals surface area contributed by atoms with E-state index >= 15 is 0 Å². The van der Waals surface area contributed by atoms with E-state index in [0.717, 1.165) is 40.7 Å². The third kappa shape index (κ3) is 6.78. The van der Waals surface area contributed by atoms with Crippen LogP contribution in [0.1, 0.15) is 24.5 Å². The molecule has 3 aromatic carbocycles. The number of aromatic nitrogens is 1. The number of fused-ring (bicyclic) bond motifs is 1. The number of nitrogens with zero attached hydrogens (tertiary/aromatic N) is 1. The predicted molar refractivity (Wildman–Crippen MR) is 138 cm³/mol. The summed E-state index contributed by atoms with van der Waals surface area (Å²) >= 11 is 0. The lowest BCUT2D eigenvalue weighted by Crippen LogP contribution is -2.26. The van der Waals surface area contributed by atoms with Crippen molar-refractivity contribution in [3.8, 4) is 11.5 Å². The molecule has 0 spiro atoms. The molecule has 0 fully saturated rings. The zero-order chi connectivity index (χ0) is 24.5. The highest BCUT2D eigenvalue weighted by molar-refractivity contribution is 5.81. The van der Waals surface area contributed by atoms with Crippen LogP contribution in [0.5, 0.6) is 11.5 Å². The number of ether oxygens (including phenoxy) is 2. The Morgan fingerprint density at radius 1 is 0.943 bits per heavy atom. The van der Waals surface area contributed by atoms with Crippen molar-refractivity contribution in [3.05, 3.63) is 106 Å². The van der Waals surface area contributed by atoms with Crippen LogP contribution in [0, 0.1) is 5.82 Å². The van der Waals surface area contributed by atoms with E-state index in [-0.39, 0.29) is 11.4 Å². The van der Waals surface area contributed by atoms with Crippen LogP contribution in [0.4, 0.5) is 4.39 Å². The van der Waals surface area contributed by atoms with Crippen LogP contribution in [-0.4, -0.2) is 24.3 Å². The quantitative estimate of drug-likeness (QED) is 0.268. The van der Waals surface area contributed by atoms with Gasteiger partial charge in [0.1, 0.15) is 17.3 Å². The fourth-order valence-electron chi connectivity index (χ4n) is 4.04. The Balaban J connectivity index is 1.48. The molecule has 182 valence electrons. The number of pyridine rings is 1. The minimum atomic E-state index is -0.232. The lowest BCUT2D eigenvalue weighted by atomic mass is 10.1. The van der Waals surface area contributed by atoms with Crippen LogP contribution in [-0.2, 0) is 24.2 Å². The minimum absolute atomic E-state index is 0.00704. The van der Waals surface area contributed by atoms with E-state index in [1.807, 2.05) is 61.5 Å². The van der Waals surface area contributed by atoms with Crippen molar-refractivity contribution >= 4 is 10.9 Å². The van der Waals surface area contributed by atoms with Crippen molar-refractivity contribution in [2.24, 2.45) is 0 Å². The summed E-state index contributed by atoms with van der Waals surface area (Å²) < 4.78 is 26.4. The van der Waals surface area contributed by atoms with Gasteiger partial charge in [0, 0.05) is 31.3 Å². The van der Waals surface area contributed by atoms with Crippen molar-refractivity contribution in [1.82, 2.24) is 9.88 Å². The number of rotatable bonds is 12. The topological polar surface area (TPSA) is 52.5 Å². The number of hydrogen-bond acceptors (Lipinski definition) is 4. The maximum Gasteiger partial charge on any atom is 0.254 e. The number of hydrogen-bond donors (Lipinski definition) is 1. The normalized spacial score (nSPS) is 11.1. The molecule has 0 aliphatic carbocycles. The van der Waals surface area contributed by atoms with Crippen molar-refractivity contribution < 1.29 is 13.9 Å². The number of aryl methyl sites for hydroxylation is 1. The zero-order valence-electron chi connectivity index (χ0n) is 20.0. The van der Waals surface area contributed by atoms with E-state index in [2.05, 4.69) is 5.32 Å². The summed E-state index contributed by atoms with van der Waals surface area (Å²) in [6.07, 6.45) is 1.49. The largest absolute Gasteiger partial charge is 0.457 e. The number of nitrogens with one attached hydrogen (secondary N) is 1. The Labute approximate surface area is 205 Å². The molecular formula is C29H31FN2O3. The summed E-state index contributed by atoms with van der Waals surface area (Å²) in [6, 6.07) is 23.9. The van der Waals surface area contributed by atoms with Crippen LogP contribution in [0.3, 0.4) is 0 Å². The number of benzene rings is 3. The van der Waals surface area contributed by atoms with Crippen LogP contribution in [0.15, 0.2) is 83.7 Å². The summed E-state index contributed by atoms with van der Waals surface area (Å²) in [5.41, 5.74) is 2.66. The van der Waals surface area contributed by atoms with Crippen LogP contribution in [0.25, 0.3) is 10.9 Å². The fraction of sp³-hybridized carbons (Fsp3) is 0.276. The van der Waals surface area contributed by atoms with Gasteiger partial charge >= 0.3 is 0 Å². The summed E-state index contributed by atoms with van der Waals surface area (Å²) in [6.45, 7) is 4.93. The van der Waals surface area contributed by atoms with E-state index in [1.165, 1.54) is 12.1 Å². The van der Waals surface area contributed by atoms with E-state index in [0.29, 0.717) is 38.5 Å². The molecule has 0 radical (unpaired) electrons. The summed E-state index contributed by atoms with van der Waals surface area (Å²) in [5, 5.41) is 4.36. The van der Waals surface area contributed by atoms with Gasteiger partial charge in [0.2, 0.25) is 0 Å². The second-order valence-electron chi connectivity index (χ2n) is 8.37. The molecule has 1 aromatic heterocycles. The number of halogens is 1. The maximum absolute atomic E-state index is 13.4. The van der Waals surface area contributed by atoms with Gasteiger partial charge in [-0.2, -0.15) is 0 Å². The lowest BCUT2D eigenvalue weighted by molar-refractivity contribution is 0.139. The standard InChI is InChI=1S/C29H31FN2O3/c1-2-34-18-17-32-28-20-27(35-26-8-4-3-5-9-26)15-12-23(28)19-24(29(32)33)7-6-16-31-21-22-10-13-25(30)14-11-22/h3-5,8-15,19-20,31H,2,6-7,16-18,21H2,1H3. The van der Waals surface area contributed by atoms with Crippen molar-refractivity contribution in [2.45, 2.75) is 32.9 Å². The summed E-state index contributed by atoms with van der Waals surface area (Å²) in [7, 11) is 0. The smallest absolute Gasteiger partial charge is 0.254 e. The van der Waals surface area contributed by atoms with Crippen LogP contribution < -0.4 is 15.6 Å². The van der Waals surface area contributed by atoms with Crippen molar-refractivity contribution in [1.29, 1.82) is 0 Å². The second kappa shape index (κ2) is 12.3. The first-order valence-electron chi connectivity index (χ1n) is 12.1. The van der Waals surface area contributed by atoms with Gasteiger partial charge in [-0.1, -0.05) is 30.3 Å². The third-order valence-electron chi connectivity index (χ3n) is 5.83.